The zero-order valence-corrected chi connectivity index (χ0v) is 16.6. The van der Waals surface area contributed by atoms with Crippen molar-refractivity contribution in [1.29, 1.82) is 0 Å². The highest BCUT2D eigenvalue weighted by Gasteiger charge is 2.34. The fourth-order valence-electron chi connectivity index (χ4n) is 3.91. The molecule has 1 aromatic carbocycles. The standard InChI is InChI=1S/C21H25ClN2O3/c1-21(2)14-27-19-16(10-17(22)11-18(19)21)12-23-5-3-6-24(8-7-23)20(25)15-4-9-26-13-15/h4,9-11,13H,3,5-8,12,14H2,1-2H3. The van der Waals surface area contributed by atoms with E-state index in [2.05, 4.69) is 18.7 Å². The molecule has 5 nitrogen and oxygen atoms in total. The first kappa shape index (κ1) is 18.4. The molecular formula is C21H25ClN2O3. The largest absolute Gasteiger partial charge is 0.492 e. The number of hydrogen-bond donors (Lipinski definition) is 0. The highest BCUT2D eigenvalue weighted by Crippen LogP contribution is 2.42. The predicted molar refractivity (Wildman–Crippen MR) is 104 cm³/mol. The SMILES string of the molecule is CC1(C)COc2c(CN3CCCN(C(=O)c4ccoc4)CC3)cc(Cl)cc21. The van der Waals surface area contributed by atoms with E-state index in [0.29, 0.717) is 18.7 Å². The Bertz CT molecular complexity index is 832. The van der Waals surface area contributed by atoms with Crippen molar-refractivity contribution in [2.45, 2.75) is 32.2 Å². The van der Waals surface area contributed by atoms with Gasteiger partial charge in [-0.25, -0.2) is 0 Å². The minimum atomic E-state index is -0.0123. The second-order valence-corrected chi connectivity index (χ2v) is 8.48. The molecule has 1 saturated heterocycles. The molecule has 3 heterocycles. The molecule has 1 fully saturated rings. The van der Waals surface area contributed by atoms with Gasteiger partial charge in [0.2, 0.25) is 0 Å². The van der Waals surface area contributed by atoms with E-state index in [-0.39, 0.29) is 11.3 Å². The van der Waals surface area contributed by atoms with Crippen molar-refractivity contribution in [1.82, 2.24) is 9.80 Å². The minimum absolute atomic E-state index is 0.0123. The molecule has 0 atom stereocenters. The van der Waals surface area contributed by atoms with Gasteiger partial charge in [0.15, 0.2) is 0 Å². The number of halogens is 1. The molecule has 1 aromatic heterocycles. The second-order valence-electron chi connectivity index (χ2n) is 8.05. The molecule has 0 radical (unpaired) electrons. The lowest BCUT2D eigenvalue weighted by Crippen LogP contribution is -2.34. The van der Waals surface area contributed by atoms with Gasteiger partial charge in [0.05, 0.1) is 18.4 Å². The summed E-state index contributed by atoms with van der Waals surface area (Å²) in [7, 11) is 0. The molecule has 0 bridgehead atoms. The lowest BCUT2D eigenvalue weighted by Gasteiger charge is -2.23. The molecule has 27 heavy (non-hydrogen) atoms. The van der Waals surface area contributed by atoms with E-state index >= 15 is 0 Å². The van der Waals surface area contributed by atoms with Gasteiger partial charge in [-0.1, -0.05) is 25.4 Å². The van der Waals surface area contributed by atoms with Crippen LogP contribution in [0.25, 0.3) is 0 Å². The molecule has 2 aliphatic rings. The first-order valence-corrected chi connectivity index (χ1v) is 9.81. The van der Waals surface area contributed by atoms with Crippen molar-refractivity contribution in [3.8, 4) is 5.75 Å². The van der Waals surface area contributed by atoms with E-state index in [9.17, 15) is 4.79 Å². The van der Waals surface area contributed by atoms with Crippen LogP contribution in [-0.4, -0.2) is 48.5 Å². The highest BCUT2D eigenvalue weighted by molar-refractivity contribution is 6.30. The number of fused-ring (bicyclic) bond motifs is 1. The number of ether oxygens (including phenoxy) is 1. The zero-order valence-electron chi connectivity index (χ0n) is 15.8. The Hall–Kier alpha value is -1.98. The molecule has 0 N–H and O–H groups in total. The molecule has 1 amide bonds. The van der Waals surface area contributed by atoms with Crippen molar-refractivity contribution < 1.29 is 13.9 Å². The Morgan fingerprint density at radius 3 is 2.85 bits per heavy atom. The molecule has 0 aliphatic carbocycles. The Balaban J connectivity index is 1.46. The summed E-state index contributed by atoms with van der Waals surface area (Å²) in [5, 5.41) is 0.758. The van der Waals surface area contributed by atoms with Crippen LogP contribution in [0.15, 0.2) is 35.1 Å². The summed E-state index contributed by atoms with van der Waals surface area (Å²) >= 11 is 6.39. The van der Waals surface area contributed by atoms with E-state index in [4.69, 9.17) is 20.8 Å². The summed E-state index contributed by atoms with van der Waals surface area (Å²) in [6.07, 6.45) is 4.00. The monoisotopic (exact) mass is 388 g/mol. The van der Waals surface area contributed by atoms with Gasteiger partial charge in [-0.3, -0.25) is 9.69 Å². The molecule has 2 aromatic rings. The van der Waals surface area contributed by atoms with Crippen LogP contribution >= 0.6 is 11.6 Å². The van der Waals surface area contributed by atoms with E-state index in [0.717, 1.165) is 48.9 Å². The van der Waals surface area contributed by atoms with Gasteiger partial charge in [-0.2, -0.15) is 0 Å². The summed E-state index contributed by atoms with van der Waals surface area (Å²) in [6.45, 7) is 9.08. The van der Waals surface area contributed by atoms with Crippen molar-refractivity contribution in [2.75, 3.05) is 32.8 Å². The van der Waals surface area contributed by atoms with Crippen LogP contribution < -0.4 is 4.74 Å². The average molecular weight is 389 g/mol. The molecular weight excluding hydrogens is 364 g/mol. The summed E-state index contributed by atoms with van der Waals surface area (Å²) in [4.78, 5) is 16.8. The van der Waals surface area contributed by atoms with Gasteiger partial charge < -0.3 is 14.1 Å². The average Bonchev–Trinajstić information content (AvgIpc) is 3.19. The maximum atomic E-state index is 12.6. The first-order valence-electron chi connectivity index (χ1n) is 9.43. The Morgan fingerprint density at radius 1 is 1.22 bits per heavy atom. The predicted octanol–water partition coefficient (Wildman–Crippen LogP) is 3.95. The molecule has 0 saturated carbocycles. The highest BCUT2D eigenvalue weighted by atomic mass is 35.5. The lowest BCUT2D eigenvalue weighted by atomic mass is 9.86. The van der Waals surface area contributed by atoms with Crippen LogP contribution in [0.2, 0.25) is 5.02 Å². The molecule has 0 spiro atoms. The van der Waals surface area contributed by atoms with E-state index in [1.54, 1.807) is 12.3 Å². The number of benzene rings is 1. The number of carbonyl (C=O) groups is 1. The van der Waals surface area contributed by atoms with E-state index < -0.39 is 0 Å². The number of hydrogen-bond acceptors (Lipinski definition) is 4. The number of rotatable bonds is 3. The number of nitrogens with zero attached hydrogens (tertiary/aromatic N) is 2. The Morgan fingerprint density at radius 2 is 2.07 bits per heavy atom. The lowest BCUT2D eigenvalue weighted by molar-refractivity contribution is 0.0760. The zero-order chi connectivity index (χ0) is 19.0. The fraction of sp³-hybridized carbons (Fsp3) is 0.476. The summed E-state index contributed by atoms with van der Waals surface area (Å²) < 4.78 is 11.1. The summed E-state index contributed by atoms with van der Waals surface area (Å²) in [5.41, 5.74) is 2.93. The van der Waals surface area contributed by atoms with Crippen molar-refractivity contribution in [2.24, 2.45) is 0 Å². The molecule has 4 rings (SSSR count). The topological polar surface area (TPSA) is 45.9 Å². The minimum Gasteiger partial charge on any atom is -0.492 e. The number of amides is 1. The third-order valence-electron chi connectivity index (χ3n) is 5.47. The van der Waals surface area contributed by atoms with Crippen molar-refractivity contribution in [3.05, 3.63) is 52.4 Å². The second kappa shape index (κ2) is 7.21. The van der Waals surface area contributed by atoms with Gasteiger partial charge in [0.1, 0.15) is 12.0 Å². The third-order valence-corrected chi connectivity index (χ3v) is 5.69. The smallest absolute Gasteiger partial charge is 0.257 e. The quantitative estimate of drug-likeness (QED) is 0.798. The van der Waals surface area contributed by atoms with Gasteiger partial charge in [0.25, 0.3) is 5.91 Å². The van der Waals surface area contributed by atoms with Gasteiger partial charge in [-0.15, -0.1) is 0 Å². The molecule has 6 heteroatoms. The van der Waals surface area contributed by atoms with Crippen molar-refractivity contribution >= 4 is 17.5 Å². The third kappa shape index (κ3) is 3.71. The summed E-state index contributed by atoms with van der Waals surface area (Å²) in [5.74, 6) is 1.03. The number of furan rings is 1. The molecule has 0 unspecified atom stereocenters. The van der Waals surface area contributed by atoms with E-state index in [1.165, 1.54) is 11.8 Å². The Labute approximate surface area is 164 Å². The molecule has 2 aliphatic heterocycles. The van der Waals surface area contributed by atoms with E-state index in [1.807, 2.05) is 17.0 Å². The Kier molecular flexibility index (Phi) is 4.91. The first-order chi connectivity index (χ1) is 12.9. The van der Waals surface area contributed by atoms with Crippen LogP contribution in [0.3, 0.4) is 0 Å². The summed E-state index contributed by atoms with van der Waals surface area (Å²) in [6, 6.07) is 5.77. The van der Waals surface area contributed by atoms with Crippen LogP contribution in [0.4, 0.5) is 0 Å². The van der Waals surface area contributed by atoms with Gasteiger partial charge in [0, 0.05) is 54.3 Å². The number of carbonyl (C=O) groups excluding carboxylic acids is 1. The molecule has 144 valence electrons. The maximum absolute atomic E-state index is 12.6. The normalized spacial score (nSPS) is 19.4. The van der Waals surface area contributed by atoms with Crippen LogP contribution in [0.1, 0.15) is 41.8 Å². The van der Waals surface area contributed by atoms with Crippen LogP contribution in [0, 0.1) is 0 Å². The van der Waals surface area contributed by atoms with Gasteiger partial charge >= 0.3 is 0 Å². The van der Waals surface area contributed by atoms with Crippen LogP contribution in [0.5, 0.6) is 5.75 Å². The van der Waals surface area contributed by atoms with Crippen molar-refractivity contribution in [3.63, 3.8) is 0 Å². The maximum Gasteiger partial charge on any atom is 0.257 e. The fourth-order valence-corrected chi connectivity index (χ4v) is 4.15. The van der Waals surface area contributed by atoms with Crippen LogP contribution in [-0.2, 0) is 12.0 Å². The van der Waals surface area contributed by atoms with Gasteiger partial charge in [-0.05, 0) is 24.6 Å².